The molecule has 1 aliphatic heterocycles. The van der Waals surface area contributed by atoms with Crippen molar-refractivity contribution in [1.29, 1.82) is 0 Å². The molecule has 4 heterocycles. The van der Waals surface area contributed by atoms with Gasteiger partial charge in [-0.3, -0.25) is 23.8 Å². The monoisotopic (exact) mass is 554 g/mol. The Kier molecular flexibility index (Phi) is 7.17. The minimum atomic E-state index is -0.899. The lowest BCUT2D eigenvalue weighted by Crippen LogP contribution is -2.38. The van der Waals surface area contributed by atoms with Gasteiger partial charge in [-0.25, -0.2) is 8.78 Å². The molecule has 3 aromatic heterocycles. The van der Waals surface area contributed by atoms with Crippen molar-refractivity contribution in [2.75, 3.05) is 13.1 Å². The number of rotatable bonds is 6. The Morgan fingerprint density at radius 3 is 2.56 bits per heavy atom. The van der Waals surface area contributed by atoms with Crippen molar-refractivity contribution < 1.29 is 18.7 Å². The molecule has 12 heteroatoms. The topological polar surface area (TPSA) is 106 Å². The lowest BCUT2D eigenvalue weighted by atomic mass is 10.0. The van der Waals surface area contributed by atoms with Crippen LogP contribution in [0.15, 0.2) is 53.6 Å². The molecular formula is C27H25ClF2N6O3. The normalized spacial score (nSPS) is 16.0. The molecule has 202 valence electrons. The molecular weight excluding hydrogens is 530 g/mol. The number of nitrogens with zero attached hydrogens (tertiary/aromatic N) is 6. The molecule has 1 saturated heterocycles. The molecule has 2 unspecified atom stereocenters. The number of carbonyl (C=O) groups is 1. The number of aromatic hydroxyl groups is 1. The van der Waals surface area contributed by atoms with Gasteiger partial charge >= 0.3 is 0 Å². The molecule has 2 atom stereocenters. The smallest absolute Gasteiger partial charge is 0.271 e. The fourth-order valence-electron chi connectivity index (χ4n) is 5.02. The number of carbonyl (C=O) groups excluding carboxylic acids is 1. The average molecular weight is 555 g/mol. The van der Waals surface area contributed by atoms with Gasteiger partial charge in [0.15, 0.2) is 11.4 Å². The number of benzene rings is 1. The van der Waals surface area contributed by atoms with E-state index in [0.29, 0.717) is 18.0 Å². The van der Waals surface area contributed by atoms with Crippen LogP contribution in [0.25, 0.3) is 11.5 Å². The highest BCUT2D eigenvalue weighted by atomic mass is 35.5. The van der Waals surface area contributed by atoms with Crippen molar-refractivity contribution in [2.45, 2.75) is 31.7 Å². The zero-order valence-corrected chi connectivity index (χ0v) is 21.9. The number of aryl methyl sites for hydroxylation is 1. The van der Waals surface area contributed by atoms with Crippen LogP contribution in [0.1, 0.15) is 53.3 Å². The summed E-state index contributed by atoms with van der Waals surface area (Å²) in [6, 6.07) is 7.20. The van der Waals surface area contributed by atoms with Crippen LogP contribution in [0.3, 0.4) is 0 Å². The number of amides is 1. The molecule has 0 spiro atoms. The van der Waals surface area contributed by atoms with Crippen LogP contribution in [0.5, 0.6) is 5.88 Å². The van der Waals surface area contributed by atoms with E-state index in [1.807, 2.05) is 0 Å². The van der Waals surface area contributed by atoms with Crippen molar-refractivity contribution in [3.8, 4) is 17.4 Å². The van der Waals surface area contributed by atoms with E-state index >= 15 is 0 Å². The van der Waals surface area contributed by atoms with Crippen molar-refractivity contribution in [3.63, 3.8) is 0 Å². The van der Waals surface area contributed by atoms with Crippen LogP contribution in [0.4, 0.5) is 8.78 Å². The third-order valence-corrected chi connectivity index (χ3v) is 7.09. The molecule has 1 fully saturated rings. The van der Waals surface area contributed by atoms with Gasteiger partial charge < -0.3 is 10.0 Å². The molecule has 1 N–H and O–H groups in total. The van der Waals surface area contributed by atoms with Crippen LogP contribution in [-0.4, -0.2) is 53.3 Å². The number of hydrogen-bond donors (Lipinski definition) is 1. The van der Waals surface area contributed by atoms with Crippen molar-refractivity contribution in [3.05, 3.63) is 92.6 Å². The molecule has 5 rings (SSSR count). The molecule has 39 heavy (non-hydrogen) atoms. The summed E-state index contributed by atoms with van der Waals surface area (Å²) in [6.07, 6.45) is 4.00. The first kappa shape index (κ1) is 26.5. The van der Waals surface area contributed by atoms with Gasteiger partial charge in [0.2, 0.25) is 5.88 Å². The third-order valence-electron chi connectivity index (χ3n) is 6.86. The van der Waals surface area contributed by atoms with Crippen LogP contribution >= 0.6 is 11.6 Å². The van der Waals surface area contributed by atoms with Crippen LogP contribution in [0.2, 0.25) is 5.02 Å². The van der Waals surface area contributed by atoms with Gasteiger partial charge in [0.1, 0.15) is 17.3 Å². The molecule has 0 radical (unpaired) electrons. The first-order valence-electron chi connectivity index (χ1n) is 12.4. The quantitative estimate of drug-likeness (QED) is 0.381. The number of pyridine rings is 1. The Labute approximate surface area is 227 Å². The van der Waals surface area contributed by atoms with E-state index in [-0.39, 0.29) is 36.0 Å². The zero-order valence-electron chi connectivity index (χ0n) is 21.2. The molecule has 0 aliphatic carbocycles. The highest BCUT2D eigenvalue weighted by molar-refractivity contribution is 6.30. The highest BCUT2D eigenvalue weighted by Gasteiger charge is 2.34. The van der Waals surface area contributed by atoms with E-state index in [2.05, 4.69) is 15.1 Å². The average Bonchev–Trinajstić information content (AvgIpc) is 3.55. The first-order valence-corrected chi connectivity index (χ1v) is 12.8. The summed E-state index contributed by atoms with van der Waals surface area (Å²) in [7, 11) is 1.67. The maximum Gasteiger partial charge on any atom is 0.271 e. The minimum absolute atomic E-state index is 0.0316. The molecule has 4 aromatic rings. The number of aromatic nitrogens is 5. The van der Waals surface area contributed by atoms with Gasteiger partial charge in [0.05, 0.1) is 11.1 Å². The highest BCUT2D eigenvalue weighted by Crippen LogP contribution is 2.31. The predicted molar refractivity (Wildman–Crippen MR) is 140 cm³/mol. The van der Waals surface area contributed by atoms with Crippen molar-refractivity contribution in [1.82, 2.24) is 29.2 Å². The molecule has 0 saturated carbocycles. The summed E-state index contributed by atoms with van der Waals surface area (Å²) >= 11 is 5.94. The number of halogens is 3. The van der Waals surface area contributed by atoms with Crippen LogP contribution in [-0.2, 0) is 7.05 Å². The fourth-order valence-corrected chi connectivity index (χ4v) is 5.13. The second-order valence-electron chi connectivity index (χ2n) is 9.45. The Morgan fingerprint density at radius 2 is 1.95 bits per heavy atom. The third kappa shape index (κ3) is 5.14. The second kappa shape index (κ2) is 10.6. The maximum atomic E-state index is 14.2. The largest absolute Gasteiger partial charge is 0.493 e. The van der Waals surface area contributed by atoms with E-state index in [1.165, 1.54) is 20.3 Å². The van der Waals surface area contributed by atoms with Gasteiger partial charge in [-0.05, 0) is 48.7 Å². The standard InChI is InChI=1S/C27H25ClF2N6O3/c1-3-22(16-10-18(29)12-19(30)11-16)36-24(21-7-8-34(2)33-21)32-25(37)23(27(36)39)26(38)35-9-6-15(14-35)20-5-4-17(28)13-31-20/h4-5,7-8,10-13,15,22,37H,3,6,9,14H2,1-2H3. The van der Waals surface area contributed by atoms with E-state index in [9.17, 15) is 23.5 Å². The first-order chi connectivity index (χ1) is 18.7. The molecule has 1 amide bonds. The SMILES string of the molecule is CCC(c1cc(F)cc(F)c1)n1c(-c2ccn(C)n2)nc(O)c(C(=O)N2CCC(c3ccc(Cl)cn3)C2)c1=O. The van der Waals surface area contributed by atoms with Gasteiger partial charge in [0, 0.05) is 50.2 Å². The van der Waals surface area contributed by atoms with Crippen molar-refractivity contribution >= 4 is 17.5 Å². The van der Waals surface area contributed by atoms with E-state index in [0.717, 1.165) is 23.9 Å². The van der Waals surface area contributed by atoms with Gasteiger partial charge in [-0.15, -0.1) is 0 Å². The van der Waals surface area contributed by atoms with Crippen LogP contribution in [0, 0.1) is 11.6 Å². The zero-order chi connectivity index (χ0) is 27.8. The lowest BCUT2D eigenvalue weighted by Gasteiger charge is -2.24. The fraction of sp³-hybridized carbons (Fsp3) is 0.296. The van der Waals surface area contributed by atoms with Crippen LogP contribution < -0.4 is 5.56 Å². The van der Waals surface area contributed by atoms with Gasteiger partial charge in [-0.2, -0.15) is 10.1 Å². The summed E-state index contributed by atoms with van der Waals surface area (Å²) < 4.78 is 31.0. The summed E-state index contributed by atoms with van der Waals surface area (Å²) in [5, 5.41) is 15.7. The molecule has 9 nitrogen and oxygen atoms in total. The molecule has 0 bridgehead atoms. The Bertz CT molecular complexity index is 1580. The van der Waals surface area contributed by atoms with E-state index < -0.39 is 40.6 Å². The number of likely N-dealkylation sites (tertiary alicyclic amines) is 1. The summed E-state index contributed by atoms with van der Waals surface area (Å²) in [5.74, 6) is -3.15. The number of hydrogen-bond acceptors (Lipinski definition) is 6. The summed E-state index contributed by atoms with van der Waals surface area (Å²) in [6.45, 7) is 2.35. The summed E-state index contributed by atoms with van der Waals surface area (Å²) in [4.78, 5) is 37.6. The van der Waals surface area contributed by atoms with Crippen molar-refractivity contribution in [2.24, 2.45) is 7.05 Å². The summed E-state index contributed by atoms with van der Waals surface area (Å²) in [5.41, 5.74) is -0.170. The lowest BCUT2D eigenvalue weighted by molar-refractivity contribution is 0.0784. The van der Waals surface area contributed by atoms with Gasteiger partial charge in [0.25, 0.3) is 11.5 Å². The second-order valence-corrected chi connectivity index (χ2v) is 9.89. The maximum absolute atomic E-state index is 14.2. The van der Waals surface area contributed by atoms with E-state index in [1.54, 1.807) is 38.4 Å². The van der Waals surface area contributed by atoms with E-state index in [4.69, 9.17) is 11.6 Å². The Morgan fingerprint density at radius 1 is 1.21 bits per heavy atom. The molecule has 1 aliphatic rings. The Balaban J connectivity index is 1.60. The Hall–Kier alpha value is -4.12. The predicted octanol–water partition coefficient (Wildman–Crippen LogP) is 4.31. The molecule has 1 aromatic carbocycles. The van der Waals surface area contributed by atoms with Gasteiger partial charge in [-0.1, -0.05) is 18.5 Å². The minimum Gasteiger partial charge on any atom is -0.493 e.